The van der Waals surface area contributed by atoms with Crippen molar-refractivity contribution < 1.29 is 18.2 Å². The van der Waals surface area contributed by atoms with Crippen LogP contribution >= 0.6 is 0 Å². The largest absolute Gasteiger partial charge is 0.771 e. The van der Waals surface area contributed by atoms with E-state index in [0.717, 1.165) is 10.8 Å². The fraction of sp³-hybridized carbons (Fsp3) is 0.333. The van der Waals surface area contributed by atoms with Crippen molar-refractivity contribution >= 4 is 16.9 Å². The minimum absolute atomic E-state index is 0.110. The quantitative estimate of drug-likeness (QED) is 0.390. The molecule has 2 atom stereocenters. The molecule has 0 aromatic carbocycles. The van der Waals surface area contributed by atoms with Gasteiger partial charge in [-0.2, -0.15) is 0 Å². The molecule has 0 radical (unpaired) electrons. The van der Waals surface area contributed by atoms with Gasteiger partial charge in [0, 0.05) is 0 Å². The highest BCUT2D eigenvalue weighted by Gasteiger charge is 2.31. The molecule has 0 fully saturated rings. The van der Waals surface area contributed by atoms with E-state index in [-0.39, 0.29) is 17.5 Å². The van der Waals surface area contributed by atoms with Gasteiger partial charge in [0.15, 0.2) is 5.25 Å². The van der Waals surface area contributed by atoms with Crippen LogP contribution in [0.2, 0.25) is 0 Å². The number of hydrogen-bond donors (Lipinski definition) is 0. The summed E-state index contributed by atoms with van der Waals surface area (Å²) in [6, 6.07) is 0. The maximum absolute atomic E-state index is 11.2. The summed E-state index contributed by atoms with van der Waals surface area (Å²) >= 11 is -2.69. The first-order valence-electron chi connectivity index (χ1n) is 4.41. The molecule has 18 heavy (non-hydrogen) atoms. The lowest BCUT2D eigenvalue weighted by atomic mass is 10.4. The van der Waals surface area contributed by atoms with E-state index >= 15 is 0 Å². The zero-order valence-electron chi connectivity index (χ0n) is 8.79. The third kappa shape index (κ3) is 1.98. The maximum atomic E-state index is 11.2. The zero-order chi connectivity index (χ0) is 13.3. The summed E-state index contributed by atoms with van der Waals surface area (Å²) in [6.07, 6.45) is 0.943. The highest BCUT2D eigenvalue weighted by atomic mass is 32.2. The SMILES string of the molecule is Cn1c([N+](=O)[O-])cnc1C(c1nnno1)S(=O)[O-]. The van der Waals surface area contributed by atoms with Gasteiger partial charge in [0.25, 0.3) is 5.89 Å². The Morgan fingerprint density at radius 3 is 2.78 bits per heavy atom. The van der Waals surface area contributed by atoms with Crippen molar-refractivity contribution in [1.82, 2.24) is 25.1 Å². The van der Waals surface area contributed by atoms with Crippen molar-refractivity contribution in [3.05, 3.63) is 28.0 Å². The van der Waals surface area contributed by atoms with Crippen molar-refractivity contribution in [2.45, 2.75) is 5.25 Å². The van der Waals surface area contributed by atoms with Crippen molar-refractivity contribution in [1.29, 1.82) is 0 Å². The molecule has 2 rings (SSSR count). The maximum Gasteiger partial charge on any atom is 0.342 e. The summed E-state index contributed by atoms with van der Waals surface area (Å²) in [6.45, 7) is 0. The summed E-state index contributed by atoms with van der Waals surface area (Å²) in [5.74, 6) is -0.777. The molecule has 2 aromatic heterocycles. The van der Waals surface area contributed by atoms with Gasteiger partial charge in [-0.05, 0) is 21.2 Å². The second-order valence-corrected chi connectivity index (χ2v) is 4.12. The molecule has 12 heteroatoms. The van der Waals surface area contributed by atoms with Crippen LogP contribution in [0.4, 0.5) is 5.82 Å². The molecule has 0 saturated carbocycles. The Hall–Kier alpha value is -2.21. The molecule has 0 spiro atoms. The van der Waals surface area contributed by atoms with Gasteiger partial charge in [-0.15, -0.1) is 0 Å². The van der Waals surface area contributed by atoms with Gasteiger partial charge >= 0.3 is 5.82 Å². The van der Waals surface area contributed by atoms with Crippen LogP contribution in [-0.4, -0.2) is 38.8 Å². The first kappa shape index (κ1) is 12.3. The summed E-state index contributed by atoms with van der Waals surface area (Å²) in [5.41, 5.74) is 0. The van der Waals surface area contributed by atoms with Gasteiger partial charge in [0.2, 0.25) is 5.82 Å². The van der Waals surface area contributed by atoms with Gasteiger partial charge < -0.3 is 19.2 Å². The van der Waals surface area contributed by atoms with E-state index in [9.17, 15) is 18.9 Å². The van der Waals surface area contributed by atoms with Gasteiger partial charge in [0.1, 0.15) is 6.20 Å². The standard InChI is InChI=1S/C6H6N6O5S/c1-11-3(12(13)14)2-7-5(11)4(18(15)16)6-8-9-10-17-6/h2,4H,1H3,(H,15,16)/p-1. The molecule has 0 N–H and O–H groups in total. The molecule has 0 aliphatic rings. The number of nitrogens with zero attached hydrogens (tertiary/aromatic N) is 6. The monoisotopic (exact) mass is 273 g/mol. The Morgan fingerprint density at radius 2 is 2.33 bits per heavy atom. The van der Waals surface area contributed by atoms with Crippen LogP contribution in [0.5, 0.6) is 0 Å². The van der Waals surface area contributed by atoms with E-state index in [0.29, 0.717) is 0 Å². The lowest BCUT2D eigenvalue weighted by Gasteiger charge is -2.12. The molecule has 0 bridgehead atoms. The van der Waals surface area contributed by atoms with Crippen LogP contribution in [0, 0.1) is 10.1 Å². The summed E-state index contributed by atoms with van der Waals surface area (Å²) < 4.78 is 27.9. The van der Waals surface area contributed by atoms with Crippen molar-refractivity contribution in [3.63, 3.8) is 0 Å². The predicted octanol–water partition coefficient (Wildman–Crippen LogP) is -0.925. The molecule has 96 valence electrons. The van der Waals surface area contributed by atoms with Crippen molar-refractivity contribution in [3.8, 4) is 0 Å². The molecule has 0 aliphatic heterocycles. The van der Waals surface area contributed by atoms with Crippen molar-refractivity contribution in [2.75, 3.05) is 0 Å². The van der Waals surface area contributed by atoms with E-state index in [1.165, 1.54) is 7.05 Å². The van der Waals surface area contributed by atoms with E-state index in [1.807, 2.05) is 0 Å². The average Bonchev–Trinajstić information content (AvgIpc) is 2.90. The van der Waals surface area contributed by atoms with Crippen LogP contribution in [0.25, 0.3) is 0 Å². The fourth-order valence-electron chi connectivity index (χ4n) is 1.35. The first-order chi connectivity index (χ1) is 8.52. The number of imidazole rings is 1. The van der Waals surface area contributed by atoms with Crippen LogP contribution < -0.4 is 0 Å². The van der Waals surface area contributed by atoms with Gasteiger partial charge in [-0.25, -0.2) is 9.55 Å². The van der Waals surface area contributed by atoms with Crippen LogP contribution in [0.1, 0.15) is 17.0 Å². The van der Waals surface area contributed by atoms with Crippen LogP contribution in [-0.2, 0) is 18.1 Å². The average molecular weight is 273 g/mol. The third-order valence-corrected chi connectivity index (χ3v) is 2.95. The smallest absolute Gasteiger partial charge is 0.342 e. The summed E-state index contributed by atoms with van der Waals surface area (Å²) in [4.78, 5) is 13.6. The predicted molar refractivity (Wildman–Crippen MR) is 52.7 cm³/mol. The van der Waals surface area contributed by atoms with E-state index in [2.05, 4.69) is 25.1 Å². The van der Waals surface area contributed by atoms with Gasteiger partial charge in [-0.3, -0.25) is 4.21 Å². The number of nitro groups is 1. The Bertz CT molecular complexity index is 594. The highest BCUT2D eigenvalue weighted by molar-refractivity contribution is 7.79. The lowest BCUT2D eigenvalue weighted by molar-refractivity contribution is -0.391. The number of aromatic nitrogens is 5. The second kappa shape index (κ2) is 4.58. The summed E-state index contributed by atoms with van der Waals surface area (Å²) in [5, 5.41) is 18.8. The summed E-state index contributed by atoms with van der Waals surface area (Å²) in [7, 11) is 1.31. The number of rotatable bonds is 4. The zero-order valence-corrected chi connectivity index (χ0v) is 9.60. The van der Waals surface area contributed by atoms with Gasteiger partial charge in [-0.1, -0.05) is 5.10 Å². The Balaban J connectivity index is 2.51. The normalized spacial score (nSPS) is 14.3. The topological polar surface area (TPSA) is 153 Å². The van der Waals surface area contributed by atoms with Crippen LogP contribution in [0.3, 0.4) is 0 Å². The molecule has 0 amide bonds. The molecule has 2 unspecified atom stereocenters. The third-order valence-electron chi connectivity index (χ3n) is 2.15. The van der Waals surface area contributed by atoms with Crippen LogP contribution in [0.15, 0.2) is 10.7 Å². The fourth-order valence-corrected chi connectivity index (χ4v) is 1.99. The Morgan fingerprint density at radius 1 is 1.61 bits per heavy atom. The molecule has 2 heterocycles. The van der Waals surface area contributed by atoms with E-state index in [4.69, 9.17) is 0 Å². The Kier molecular flexibility index (Phi) is 3.12. The minimum Gasteiger partial charge on any atom is -0.771 e. The van der Waals surface area contributed by atoms with E-state index in [1.54, 1.807) is 0 Å². The van der Waals surface area contributed by atoms with E-state index < -0.39 is 21.3 Å². The highest BCUT2D eigenvalue weighted by Crippen LogP contribution is 2.26. The van der Waals surface area contributed by atoms with Gasteiger partial charge in [0.05, 0.1) is 12.3 Å². The molecule has 0 saturated heterocycles. The molecule has 2 aromatic rings. The minimum atomic E-state index is -2.69. The second-order valence-electron chi connectivity index (χ2n) is 3.13. The first-order valence-corrected chi connectivity index (χ1v) is 5.55. The van der Waals surface area contributed by atoms with Crippen molar-refractivity contribution in [2.24, 2.45) is 7.05 Å². The molecular formula is C6H5N6O5S-. The Labute approximate surface area is 101 Å². The lowest BCUT2D eigenvalue weighted by Crippen LogP contribution is -2.14. The molecule has 11 nitrogen and oxygen atoms in total. The molecule has 0 aliphatic carbocycles. The number of hydrogen-bond acceptors (Lipinski definition) is 9. The molecular weight excluding hydrogens is 268 g/mol.